The van der Waals surface area contributed by atoms with Crippen molar-refractivity contribution in [2.45, 2.75) is 32.9 Å². The van der Waals surface area contributed by atoms with E-state index in [1.54, 1.807) is 16.9 Å². The summed E-state index contributed by atoms with van der Waals surface area (Å²) in [5.74, 6) is -1.58. The molecular weight excluding hydrogens is 375 g/mol. The molecule has 0 aliphatic carbocycles. The molecule has 0 saturated carbocycles. The Morgan fingerprint density at radius 1 is 1.41 bits per heavy atom. The second-order valence-corrected chi connectivity index (χ2v) is 7.48. The van der Waals surface area contributed by atoms with Crippen LogP contribution in [-0.4, -0.2) is 32.5 Å². The molecule has 8 nitrogen and oxygen atoms in total. The summed E-state index contributed by atoms with van der Waals surface area (Å²) in [6, 6.07) is 4.73. The van der Waals surface area contributed by atoms with Gasteiger partial charge in [-0.25, -0.2) is 13.9 Å². The summed E-state index contributed by atoms with van der Waals surface area (Å²) in [5, 5.41) is 9.78. The number of rotatable bonds is 6. The molecule has 4 N–H and O–H groups in total. The van der Waals surface area contributed by atoms with Crippen LogP contribution in [0, 0.1) is 11.7 Å². The fourth-order valence-corrected chi connectivity index (χ4v) is 3.57. The van der Waals surface area contributed by atoms with Gasteiger partial charge in [0.15, 0.2) is 11.6 Å². The molecule has 9 heteroatoms. The molecule has 4 heterocycles. The van der Waals surface area contributed by atoms with Crippen LogP contribution >= 0.6 is 0 Å². The normalized spacial score (nSPS) is 14.1. The van der Waals surface area contributed by atoms with Crippen LogP contribution in [-0.2, 0) is 11.3 Å². The molecule has 29 heavy (non-hydrogen) atoms. The van der Waals surface area contributed by atoms with E-state index in [-0.39, 0.29) is 29.4 Å². The van der Waals surface area contributed by atoms with E-state index < -0.39 is 23.7 Å². The van der Waals surface area contributed by atoms with Gasteiger partial charge in [0, 0.05) is 23.9 Å². The van der Waals surface area contributed by atoms with Crippen molar-refractivity contribution in [3.63, 3.8) is 0 Å². The van der Waals surface area contributed by atoms with E-state index in [2.05, 4.69) is 20.7 Å². The summed E-state index contributed by atoms with van der Waals surface area (Å²) in [6.45, 7) is 3.93. The molecule has 2 amide bonds. The third kappa shape index (κ3) is 3.28. The quantitative estimate of drug-likeness (QED) is 0.590. The summed E-state index contributed by atoms with van der Waals surface area (Å²) in [7, 11) is 0. The van der Waals surface area contributed by atoms with Gasteiger partial charge in [-0.15, -0.1) is 0 Å². The number of aromatic nitrogens is 3. The second kappa shape index (κ2) is 7.16. The van der Waals surface area contributed by atoms with Crippen LogP contribution in [0.1, 0.15) is 36.2 Å². The van der Waals surface area contributed by atoms with Crippen LogP contribution in [0.2, 0.25) is 0 Å². The van der Waals surface area contributed by atoms with Gasteiger partial charge in [-0.3, -0.25) is 9.59 Å². The minimum absolute atomic E-state index is 0.0504. The van der Waals surface area contributed by atoms with Gasteiger partial charge >= 0.3 is 0 Å². The monoisotopic (exact) mass is 396 g/mol. The average molecular weight is 396 g/mol. The molecule has 150 valence electrons. The number of nitrogens with one attached hydrogen (secondary N) is 2. The number of hydrogen-bond acceptors (Lipinski definition) is 5. The van der Waals surface area contributed by atoms with Crippen molar-refractivity contribution in [1.82, 2.24) is 19.9 Å². The first kappa shape index (κ1) is 18.9. The molecule has 3 aromatic heterocycles. The van der Waals surface area contributed by atoms with Crippen molar-refractivity contribution >= 4 is 23.1 Å². The Kier molecular flexibility index (Phi) is 4.65. The van der Waals surface area contributed by atoms with Gasteiger partial charge in [-0.1, -0.05) is 19.9 Å². The molecule has 0 spiro atoms. The number of pyridine rings is 2. The van der Waals surface area contributed by atoms with Crippen LogP contribution in [0.4, 0.5) is 10.2 Å². The lowest BCUT2D eigenvalue weighted by Crippen LogP contribution is -2.37. The van der Waals surface area contributed by atoms with E-state index in [1.807, 2.05) is 32.0 Å². The molecule has 0 radical (unpaired) electrons. The number of primary amides is 1. The molecule has 4 rings (SSSR count). The second-order valence-electron chi connectivity index (χ2n) is 7.48. The lowest BCUT2D eigenvalue weighted by Gasteiger charge is -2.20. The van der Waals surface area contributed by atoms with Gasteiger partial charge in [0.2, 0.25) is 5.91 Å². The highest BCUT2D eigenvalue weighted by Gasteiger charge is 2.32. The van der Waals surface area contributed by atoms with Gasteiger partial charge in [-0.2, -0.15) is 5.10 Å². The summed E-state index contributed by atoms with van der Waals surface area (Å²) in [5.41, 5.74) is 7.53. The van der Waals surface area contributed by atoms with Crippen LogP contribution in [0.25, 0.3) is 16.8 Å². The number of nitrogens with zero attached hydrogens (tertiary/aromatic N) is 3. The molecule has 1 aliphatic rings. The van der Waals surface area contributed by atoms with Crippen LogP contribution < -0.4 is 16.4 Å². The van der Waals surface area contributed by atoms with E-state index in [0.29, 0.717) is 17.7 Å². The molecule has 1 unspecified atom stereocenters. The minimum Gasteiger partial charge on any atom is -0.368 e. The highest BCUT2D eigenvalue weighted by molar-refractivity contribution is 6.05. The van der Waals surface area contributed by atoms with Crippen LogP contribution in [0.3, 0.4) is 0 Å². The van der Waals surface area contributed by atoms with E-state index in [9.17, 15) is 9.59 Å². The van der Waals surface area contributed by atoms with Crippen molar-refractivity contribution in [2.24, 2.45) is 11.7 Å². The lowest BCUT2D eigenvalue weighted by atomic mass is 10.0. The number of halogens is 1. The largest absolute Gasteiger partial charge is 0.368 e. The summed E-state index contributed by atoms with van der Waals surface area (Å²) >= 11 is 0. The fraction of sp³-hybridized carbons (Fsp3) is 0.300. The van der Waals surface area contributed by atoms with E-state index in [1.165, 1.54) is 0 Å². The maximum Gasteiger partial charge on any atom is 0.254 e. The zero-order valence-corrected chi connectivity index (χ0v) is 16.1. The minimum atomic E-state index is -0.781. The molecule has 0 bridgehead atoms. The average Bonchev–Trinajstić information content (AvgIpc) is 3.27. The zero-order valence-electron chi connectivity index (χ0n) is 16.1. The van der Waals surface area contributed by atoms with Crippen molar-refractivity contribution in [2.75, 3.05) is 5.32 Å². The predicted octanol–water partition coefficient (Wildman–Crippen LogP) is 2.09. The molecule has 0 aromatic carbocycles. The van der Waals surface area contributed by atoms with Crippen LogP contribution in [0.15, 0.2) is 30.6 Å². The zero-order chi connectivity index (χ0) is 20.7. The molecule has 0 saturated heterocycles. The Balaban J connectivity index is 1.88. The van der Waals surface area contributed by atoms with E-state index in [4.69, 9.17) is 5.73 Å². The molecular formula is C20H21FN6O2. The third-order valence-corrected chi connectivity index (χ3v) is 4.93. The number of anilines is 1. The molecule has 1 atom stereocenters. The van der Waals surface area contributed by atoms with Gasteiger partial charge in [0.05, 0.1) is 23.0 Å². The Labute approximate surface area is 166 Å². The summed E-state index contributed by atoms with van der Waals surface area (Å²) in [6.07, 6.45) is 3.79. The third-order valence-electron chi connectivity index (χ3n) is 4.93. The molecule has 1 aliphatic heterocycles. The van der Waals surface area contributed by atoms with Gasteiger partial charge < -0.3 is 16.4 Å². The molecule has 3 aromatic rings. The topological polar surface area (TPSA) is 114 Å². The predicted molar refractivity (Wildman–Crippen MR) is 106 cm³/mol. The fourth-order valence-electron chi connectivity index (χ4n) is 3.57. The number of fused-ring (bicyclic) bond motifs is 2. The van der Waals surface area contributed by atoms with Gasteiger partial charge in [0.1, 0.15) is 6.04 Å². The Hall–Kier alpha value is -3.49. The lowest BCUT2D eigenvalue weighted by molar-refractivity contribution is -0.119. The maximum atomic E-state index is 15.2. The first-order chi connectivity index (χ1) is 13.9. The summed E-state index contributed by atoms with van der Waals surface area (Å²) < 4.78 is 16.8. The number of nitrogens with two attached hydrogens (primary N) is 1. The van der Waals surface area contributed by atoms with Crippen molar-refractivity contribution in [3.8, 4) is 11.3 Å². The Morgan fingerprint density at radius 3 is 2.93 bits per heavy atom. The van der Waals surface area contributed by atoms with Gasteiger partial charge in [-0.05, 0) is 24.5 Å². The van der Waals surface area contributed by atoms with Crippen LogP contribution in [0.5, 0.6) is 0 Å². The Bertz CT molecular complexity index is 1120. The SMILES string of the molecule is CC(C)CC(Nc1nc(-c2cnn3ccccc23)c2c(c1F)CNC2=O)C(N)=O. The first-order valence-corrected chi connectivity index (χ1v) is 9.36. The number of carbonyl (C=O) groups excluding carboxylic acids is 2. The highest BCUT2D eigenvalue weighted by atomic mass is 19.1. The number of hydrogen-bond donors (Lipinski definition) is 3. The standard InChI is InChI=1S/C20H21FN6O2/c1-10(2)7-13(18(22)28)25-19-16(21)12-8-23-20(29)15(12)17(26-19)11-9-24-27-6-4-3-5-14(11)27/h3-6,9-10,13H,7-8H2,1-2H3,(H2,22,28)(H,23,29)(H,25,26). The number of amides is 2. The molecule has 0 fully saturated rings. The maximum absolute atomic E-state index is 15.2. The van der Waals surface area contributed by atoms with Crippen molar-refractivity contribution in [1.29, 1.82) is 0 Å². The number of carbonyl (C=O) groups is 2. The van der Waals surface area contributed by atoms with E-state index in [0.717, 1.165) is 5.52 Å². The summed E-state index contributed by atoms with van der Waals surface area (Å²) in [4.78, 5) is 28.7. The Morgan fingerprint density at radius 2 is 2.21 bits per heavy atom. The highest BCUT2D eigenvalue weighted by Crippen LogP contribution is 2.34. The smallest absolute Gasteiger partial charge is 0.254 e. The van der Waals surface area contributed by atoms with E-state index >= 15 is 4.39 Å². The first-order valence-electron chi connectivity index (χ1n) is 9.36. The van der Waals surface area contributed by atoms with Crippen molar-refractivity contribution in [3.05, 3.63) is 47.5 Å². The van der Waals surface area contributed by atoms with Crippen molar-refractivity contribution < 1.29 is 14.0 Å². The van der Waals surface area contributed by atoms with Gasteiger partial charge in [0.25, 0.3) is 5.91 Å².